The standard InChI is InChI=1S/C19H15ClF6N4O4.ClH/c1-30(8-15(31)29-27)17(33)34-14-3-2-11(20)7-13(14)16(32)28-12-5-9(18(21,22)23)4-10(6-12)19(24,25)26;/h2-7H,8,27H2,1H3,(H,28,32)(H,29,31);1H. The van der Waals surface area contributed by atoms with Crippen LogP contribution in [-0.2, 0) is 17.1 Å². The van der Waals surface area contributed by atoms with Crippen LogP contribution in [0.1, 0.15) is 21.5 Å². The summed E-state index contributed by atoms with van der Waals surface area (Å²) in [7, 11) is 1.16. The molecule has 2 aromatic carbocycles. The van der Waals surface area contributed by atoms with Crippen molar-refractivity contribution in [2.75, 3.05) is 18.9 Å². The molecule has 0 unspecified atom stereocenters. The van der Waals surface area contributed by atoms with Crippen LogP contribution in [0.3, 0.4) is 0 Å². The van der Waals surface area contributed by atoms with E-state index in [4.69, 9.17) is 22.2 Å². The largest absolute Gasteiger partial charge is 0.416 e. The molecule has 0 saturated carbocycles. The van der Waals surface area contributed by atoms with Crippen molar-refractivity contribution in [3.63, 3.8) is 0 Å². The number of halogens is 8. The van der Waals surface area contributed by atoms with Crippen molar-refractivity contribution in [3.8, 4) is 5.75 Å². The first-order valence-corrected chi connectivity index (χ1v) is 9.32. The van der Waals surface area contributed by atoms with Gasteiger partial charge in [-0.05, 0) is 36.4 Å². The predicted octanol–water partition coefficient (Wildman–Crippen LogP) is 4.47. The lowest BCUT2D eigenvalue weighted by Gasteiger charge is -2.18. The number of nitrogens with one attached hydrogen (secondary N) is 2. The molecule has 0 fully saturated rings. The maximum atomic E-state index is 13.1. The molecule has 0 aliphatic heterocycles. The Morgan fingerprint density at radius 1 is 1.00 bits per heavy atom. The normalized spacial score (nSPS) is 11.2. The van der Waals surface area contributed by atoms with E-state index in [2.05, 4.69) is 0 Å². The zero-order valence-corrected chi connectivity index (χ0v) is 19.0. The van der Waals surface area contributed by atoms with Gasteiger partial charge in [0, 0.05) is 17.8 Å². The molecule has 2 rings (SSSR count). The highest BCUT2D eigenvalue weighted by atomic mass is 35.5. The van der Waals surface area contributed by atoms with E-state index in [9.17, 15) is 40.7 Å². The highest BCUT2D eigenvalue weighted by Gasteiger charge is 2.37. The summed E-state index contributed by atoms with van der Waals surface area (Å²) in [4.78, 5) is 36.9. The first kappa shape index (κ1) is 29.8. The summed E-state index contributed by atoms with van der Waals surface area (Å²) in [5.74, 6) is 2.51. The molecule has 0 aliphatic carbocycles. The van der Waals surface area contributed by atoms with E-state index < -0.39 is 64.9 Å². The molecule has 16 heteroatoms. The summed E-state index contributed by atoms with van der Waals surface area (Å²) in [5.41, 5.74) is -2.81. The van der Waals surface area contributed by atoms with Gasteiger partial charge in [0.25, 0.3) is 11.8 Å². The van der Waals surface area contributed by atoms with Crippen LogP contribution in [0.2, 0.25) is 5.02 Å². The third-order valence-corrected chi connectivity index (χ3v) is 4.32. The van der Waals surface area contributed by atoms with Gasteiger partial charge in [0.2, 0.25) is 0 Å². The van der Waals surface area contributed by atoms with Gasteiger partial charge in [0.05, 0.1) is 16.7 Å². The minimum absolute atomic E-state index is 0. The Morgan fingerprint density at radius 3 is 2.03 bits per heavy atom. The van der Waals surface area contributed by atoms with Crippen molar-refractivity contribution in [2.24, 2.45) is 5.84 Å². The van der Waals surface area contributed by atoms with Gasteiger partial charge in [-0.25, -0.2) is 10.6 Å². The van der Waals surface area contributed by atoms with Crippen LogP contribution in [0, 0.1) is 0 Å². The molecule has 0 saturated heterocycles. The smallest absolute Gasteiger partial charge is 0.409 e. The van der Waals surface area contributed by atoms with E-state index in [1.54, 1.807) is 5.43 Å². The van der Waals surface area contributed by atoms with Gasteiger partial charge in [0.1, 0.15) is 12.3 Å². The first-order chi connectivity index (χ1) is 15.6. The third kappa shape index (κ3) is 8.19. The summed E-state index contributed by atoms with van der Waals surface area (Å²) >= 11 is 5.83. The Bertz CT molecular complexity index is 1080. The minimum atomic E-state index is -5.13. The van der Waals surface area contributed by atoms with Crippen LogP contribution in [0.4, 0.5) is 36.8 Å². The molecule has 0 spiro atoms. The monoisotopic (exact) mass is 548 g/mol. The van der Waals surface area contributed by atoms with Crippen LogP contribution in [0.25, 0.3) is 0 Å². The highest BCUT2D eigenvalue weighted by Crippen LogP contribution is 2.37. The molecule has 35 heavy (non-hydrogen) atoms. The fraction of sp³-hybridized carbons (Fsp3) is 0.211. The first-order valence-electron chi connectivity index (χ1n) is 8.94. The van der Waals surface area contributed by atoms with Gasteiger partial charge in [-0.2, -0.15) is 26.3 Å². The number of carbonyl (C=O) groups is 3. The van der Waals surface area contributed by atoms with Crippen molar-refractivity contribution in [2.45, 2.75) is 12.4 Å². The zero-order valence-electron chi connectivity index (χ0n) is 17.4. The quantitative estimate of drug-likeness (QED) is 0.221. The van der Waals surface area contributed by atoms with Crippen LogP contribution in [0.15, 0.2) is 36.4 Å². The van der Waals surface area contributed by atoms with Crippen molar-refractivity contribution >= 4 is 47.6 Å². The number of nitrogens with two attached hydrogens (primary N) is 1. The summed E-state index contributed by atoms with van der Waals surface area (Å²) in [5, 5.41) is 1.86. The molecule has 0 aliphatic rings. The fourth-order valence-corrected chi connectivity index (χ4v) is 2.66. The van der Waals surface area contributed by atoms with Gasteiger partial charge in [0.15, 0.2) is 0 Å². The second-order valence-corrected chi connectivity index (χ2v) is 7.12. The van der Waals surface area contributed by atoms with E-state index in [1.807, 2.05) is 5.32 Å². The van der Waals surface area contributed by atoms with Gasteiger partial charge in [-0.3, -0.25) is 15.0 Å². The Balaban J connectivity index is 0.00000612. The van der Waals surface area contributed by atoms with Gasteiger partial charge in [-0.15, -0.1) is 12.4 Å². The van der Waals surface area contributed by atoms with Gasteiger partial charge < -0.3 is 15.0 Å². The number of rotatable bonds is 5. The van der Waals surface area contributed by atoms with E-state index in [0.29, 0.717) is 12.1 Å². The number of alkyl halides is 6. The molecule has 0 radical (unpaired) electrons. The topological polar surface area (TPSA) is 114 Å². The van der Waals surface area contributed by atoms with Crippen LogP contribution >= 0.6 is 24.0 Å². The number of carbonyl (C=O) groups excluding carboxylic acids is 3. The molecule has 0 heterocycles. The fourth-order valence-electron chi connectivity index (χ4n) is 2.49. The molecular formula is C19H16Cl2F6N4O4. The van der Waals surface area contributed by atoms with Crippen LogP contribution < -0.4 is 21.3 Å². The predicted molar refractivity (Wildman–Crippen MR) is 114 cm³/mol. The average Bonchev–Trinajstić information content (AvgIpc) is 2.73. The Kier molecular flexibility index (Phi) is 9.76. The maximum absolute atomic E-state index is 13.1. The third-order valence-electron chi connectivity index (χ3n) is 4.08. The summed E-state index contributed by atoms with van der Waals surface area (Å²) in [6, 6.07) is 3.77. The number of likely N-dealkylation sites (N-methyl/N-ethyl adjacent to an activating group) is 1. The molecule has 3 amide bonds. The number of ether oxygens (including phenoxy) is 1. The van der Waals surface area contributed by atoms with Crippen LogP contribution in [-0.4, -0.2) is 36.4 Å². The molecule has 4 N–H and O–H groups in total. The maximum Gasteiger partial charge on any atom is 0.416 e. The number of anilines is 1. The second kappa shape index (κ2) is 11.5. The number of benzene rings is 2. The van der Waals surface area contributed by atoms with E-state index in [1.165, 1.54) is 6.07 Å². The Labute approximate surface area is 204 Å². The summed E-state index contributed by atoms with van der Waals surface area (Å²) in [6.45, 7) is -0.519. The number of nitrogens with zero attached hydrogens (tertiary/aromatic N) is 1. The molecule has 2 aromatic rings. The van der Waals surface area contributed by atoms with Crippen molar-refractivity contribution in [1.29, 1.82) is 0 Å². The number of hydrogen-bond acceptors (Lipinski definition) is 5. The lowest BCUT2D eigenvalue weighted by atomic mass is 10.1. The Hall–Kier alpha value is -3.23. The number of hydrazine groups is 1. The average molecular weight is 549 g/mol. The second-order valence-electron chi connectivity index (χ2n) is 6.68. The molecule has 0 aromatic heterocycles. The minimum Gasteiger partial charge on any atom is -0.409 e. The summed E-state index contributed by atoms with van der Waals surface area (Å²) < 4.78 is 83.3. The van der Waals surface area contributed by atoms with E-state index >= 15 is 0 Å². The van der Waals surface area contributed by atoms with Gasteiger partial charge in [-0.1, -0.05) is 11.6 Å². The highest BCUT2D eigenvalue weighted by molar-refractivity contribution is 6.31. The Morgan fingerprint density at radius 2 is 1.54 bits per heavy atom. The van der Waals surface area contributed by atoms with Crippen molar-refractivity contribution < 1.29 is 45.5 Å². The molecule has 0 bridgehead atoms. The van der Waals surface area contributed by atoms with E-state index in [-0.39, 0.29) is 23.5 Å². The van der Waals surface area contributed by atoms with Crippen LogP contribution in [0.5, 0.6) is 5.75 Å². The number of hydrogen-bond donors (Lipinski definition) is 3. The zero-order chi connectivity index (χ0) is 25.8. The SMILES string of the molecule is CN(CC(=O)NN)C(=O)Oc1ccc(Cl)cc1C(=O)Nc1cc(C(F)(F)F)cc(C(F)(F)F)c1.Cl. The van der Waals surface area contributed by atoms with E-state index in [0.717, 1.165) is 24.1 Å². The molecular weight excluding hydrogens is 533 g/mol. The number of amides is 3. The summed E-state index contributed by atoms with van der Waals surface area (Å²) in [6.07, 6.45) is -11.4. The molecule has 192 valence electrons. The molecule has 8 nitrogen and oxygen atoms in total. The van der Waals surface area contributed by atoms with Crippen molar-refractivity contribution in [3.05, 3.63) is 58.1 Å². The van der Waals surface area contributed by atoms with Crippen molar-refractivity contribution in [1.82, 2.24) is 10.3 Å². The molecule has 0 atom stereocenters. The lowest BCUT2D eigenvalue weighted by molar-refractivity contribution is -0.143. The van der Waals surface area contributed by atoms with Gasteiger partial charge >= 0.3 is 18.4 Å². The lowest BCUT2D eigenvalue weighted by Crippen LogP contribution is -2.42.